The van der Waals surface area contributed by atoms with Crippen molar-refractivity contribution in [2.24, 2.45) is 0 Å². The van der Waals surface area contributed by atoms with E-state index in [1.165, 1.54) is 5.56 Å². The largest absolute Gasteiger partial charge is 0.338 e. The van der Waals surface area contributed by atoms with Crippen LogP contribution in [0.15, 0.2) is 60.7 Å². The Morgan fingerprint density at radius 1 is 1.00 bits per heavy atom. The molecular weight excluding hydrogens is 248 g/mol. The lowest BCUT2D eigenvalue weighted by Crippen LogP contribution is -2.38. The van der Waals surface area contributed by atoms with Crippen molar-refractivity contribution >= 4 is 6.03 Å². The normalized spacial score (nSPS) is 11.7. The van der Waals surface area contributed by atoms with Gasteiger partial charge >= 0.3 is 6.03 Å². The van der Waals surface area contributed by atoms with Crippen molar-refractivity contribution < 1.29 is 4.79 Å². The Bertz CT molecular complexity index is 525. The molecule has 0 saturated heterocycles. The summed E-state index contributed by atoms with van der Waals surface area (Å²) in [5.41, 5.74) is 2.32. The summed E-state index contributed by atoms with van der Waals surface area (Å²) >= 11 is 0. The zero-order valence-electron chi connectivity index (χ0n) is 11.7. The van der Waals surface area contributed by atoms with Crippen LogP contribution in [0.1, 0.15) is 24.1 Å². The highest BCUT2D eigenvalue weighted by Gasteiger charge is 2.14. The van der Waals surface area contributed by atoms with E-state index in [0.717, 1.165) is 12.0 Å². The average Bonchev–Trinajstić information content (AvgIpc) is 2.49. The van der Waals surface area contributed by atoms with Crippen LogP contribution in [0.3, 0.4) is 0 Å². The van der Waals surface area contributed by atoms with Gasteiger partial charge in [0, 0.05) is 6.54 Å². The molecule has 20 heavy (non-hydrogen) atoms. The highest BCUT2D eigenvalue weighted by atomic mass is 16.2. The lowest BCUT2D eigenvalue weighted by Gasteiger charge is -2.19. The first-order valence-corrected chi connectivity index (χ1v) is 6.93. The number of rotatable bonds is 5. The van der Waals surface area contributed by atoms with Crippen LogP contribution < -0.4 is 10.6 Å². The van der Waals surface area contributed by atoms with Gasteiger partial charge in [-0.15, -0.1) is 0 Å². The van der Waals surface area contributed by atoms with E-state index < -0.39 is 0 Å². The molecular formula is C17H20N2O. The number of benzene rings is 2. The van der Waals surface area contributed by atoms with Gasteiger partial charge in [0.05, 0.1) is 6.04 Å². The molecule has 2 amide bonds. The maximum absolute atomic E-state index is 11.8. The minimum atomic E-state index is -0.128. The Morgan fingerprint density at radius 3 is 2.20 bits per heavy atom. The monoisotopic (exact) mass is 268 g/mol. The minimum absolute atomic E-state index is 0.0230. The van der Waals surface area contributed by atoms with Gasteiger partial charge in [0.15, 0.2) is 0 Å². The van der Waals surface area contributed by atoms with Crippen molar-refractivity contribution in [2.75, 3.05) is 6.54 Å². The summed E-state index contributed by atoms with van der Waals surface area (Å²) in [6.07, 6.45) is 0.780. The smallest absolute Gasteiger partial charge is 0.315 e. The molecule has 3 heteroatoms. The SMILES string of the molecule is CCNC(=O)NC(Cc1ccccc1)c1ccccc1. The first-order valence-electron chi connectivity index (χ1n) is 6.93. The molecule has 3 nitrogen and oxygen atoms in total. The Kier molecular flexibility index (Phi) is 5.18. The topological polar surface area (TPSA) is 41.1 Å². The van der Waals surface area contributed by atoms with E-state index in [-0.39, 0.29) is 12.1 Å². The number of hydrogen-bond donors (Lipinski definition) is 2. The third-order valence-corrected chi connectivity index (χ3v) is 3.13. The Labute approximate surface area is 120 Å². The van der Waals surface area contributed by atoms with Gasteiger partial charge in [-0.3, -0.25) is 0 Å². The van der Waals surface area contributed by atoms with Gasteiger partial charge in [0.25, 0.3) is 0 Å². The fraction of sp³-hybridized carbons (Fsp3) is 0.235. The van der Waals surface area contributed by atoms with E-state index in [4.69, 9.17) is 0 Å². The van der Waals surface area contributed by atoms with Crippen molar-refractivity contribution in [2.45, 2.75) is 19.4 Å². The zero-order chi connectivity index (χ0) is 14.2. The number of nitrogens with one attached hydrogen (secondary N) is 2. The van der Waals surface area contributed by atoms with Crippen LogP contribution in [0.2, 0.25) is 0 Å². The van der Waals surface area contributed by atoms with E-state index in [9.17, 15) is 4.79 Å². The van der Waals surface area contributed by atoms with Crippen LogP contribution in [0.4, 0.5) is 4.79 Å². The van der Waals surface area contributed by atoms with E-state index in [1.807, 2.05) is 55.5 Å². The van der Waals surface area contributed by atoms with Gasteiger partial charge in [0.1, 0.15) is 0 Å². The lowest BCUT2D eigenvalue weighted by molar-refractivity contribution is 0.237. The van der Waals surface area contributed by atoms with Gasteiger partial charge in [0.2, 0.25) is 0 Å². The summed E-state index contributed by atoms with van der Waals surface area (Å²) in [4.78, 5) is 11.8. The van der Waals surface area contributed by atoms with Crippen LogP contribution >= 0.6 is 0 Å². The fourth-order valence-electron chi connectivity index (χ4n) is 2.16. The number of amides is 2. The van der Waals surface area contributed by atoms with Crippen LogP contribution in [0.5, 0.6) is 0 Å². The van der Waals surface area contributed by atoms with Gasteiger partial charge in [-0.25, -0.2) is 4.79 Å². The predicted molar refractivity (Wildman–Crippen MR) is 81.5 cm³/mol. The molecule has 0 heterocycles. The maximum atomic E-state index is 11.8. The molecule has 2 rings (SSSR count). The molecule has 0 spiro atoms. The molecule has 2 N–H and O–H groups in total. The standard InChI is InChI=1S/C17H20N2O/c1-2-18-17(20)19-16(15-11-7-4-8-12-15)13-14-9-5-3-6-10-14/h3-12,16H,2,13H2,1H3,(H2,18,19,20). The summed E-state index contributed by atoms with van der Waals surface area (Å²) in [7, 11) is 0. The van der Waals surface area contributed by atoms with Crippen molar-refractivity contribution in [3.05, 3.63) is 71.8 Å². The molecule has 0 bridgehead atoms. The highest BCUT2D eigenvalue weighted by molar-refractivity contribution is 5.74. The fourth-order valence-corrected chi connectivity index (χ4v) is 2.16. The molecule has 2 aromatic rings. The summed E-state index contributed by atoms with van der Waals surface area (Å²) < 4.78 is 0. The molecule has 0 aromatic heterocycles. The minimum Gasteiger partial charge on any atom is -0.338 e. The van der Waals surface area contributed by atoms with E-state index >= 15 is 0 Å². The Morgan fingerprint density at radius 2 is 1.60 bits per heavy atom. The number of carbonyl (C=O) groups excluding carboxylic acids is 1. The van der Waals surface area contributed by atoms with Gasteiger partial charge in [-0.1, -0.05) is 60.7 Å². The Balaban J connectivity index is 2.14. The molecule has 104 valence electrons. The highest BCUT2D eigenvalue weighted by Crippen LogP contribution is 2.18. The quantitative estimate of drug-likeness (QED) is 0.858. The van der Waals surface area contributed by atoms with Crippen LogP contribution in [-0.4, -0.2) is 12.6 Å². The van der Waals surface area contributed by atoms with E-state index in [0.29, 0.717) is 6.54 Å². The third-order valence-electron chi connectivity index (χ3n) is 3.13. The lowest BCUT2D eigenvalue weighted by atomic mass is 9.99. The van der Waals surface area contributed by atoms with Gasteiger partial charge in [-0.05, 0) is 24.5 Å². The second-order valence-corrected chi connectivity index (χ2v) is 4.66. The van der Waals surface area contributed by atoms with Gasteiger partial charge in [-0.2, -0.15) is 0 Å². The van der Waals surface area contributed by atoms with Crippen molar-refractivity contribution in [3.63, 3.8) is 0 Å². The summed E-state index contributed by atoms with van der Waals surface area (Å²) in [5, 5.41) is 5.81. The second kappa shape index (κ2) is 7.34. The average molecular weight is 268 g/mol. The first-order chi connectivity index (χ1) is 9.79. The molecule has 0 saturated carbocycles. The molecule has 1 atom stereocenters. The number of carbonyl (C=O) groups is 1. The summed E-state index contributed by atoms with van der Waals surface area (Å²) in [5.74, 6) is 0. The summed E-state index contributed by atoms with van der Waals surface area (Å²) in [6.45, 7) is 2.53. The zero-order valence-corrected chi connectivity index (χ0v) is 11.7. The predicted octanol–water partition coefficient (Wildman–Crippen LogP) is 3.29. The molecule has 0 aliphatic heterocycles. The van der Waals surface area contributed by atoms with Crippen LogP contribution in [0, 0.1) is 0 Å². The third kappa shape index (κ3) is 4.12. The summed E-state index contributed by atoms with van der Waals surface area (Å²) in [6, 6.07) is 20.1. The van der Waals surface area contributed by atoms with Crippen LogP contribution in [0.25, 0.3) is 0 Å². The van der Waals surface area contributed by atoms with Crippen molar-refractivity contribution in [1.82, 2.24) is 10.6 Å². The Hall–Kier alpha value is -2.29. The van der Waals surface area contributed by atoms with Gasteiger partial charge < -0.3 is 10.6 Å². The molecule has 0 aliphatic rings. The molecule has 0 aliphatic carbocycles. The number of urea groups is 1. The van der Waals surface area contributed by atoms with Crippen LogP contribution in [-0.2, 0) is 6.42 Å². The molecule has 0 radical (unpaired) electrons. The van der Waals surface area contributed by atoms with Crippen molar-refractivity contribution in [1.29, 1.82) is 0 Å². The first kappa shape index (κ1) is 14.1. The molecule has 2 aromatic carbocycles. The second-order valence-electron chi connectivity index (χ2n) is 4.66. The van der Waals surface area contributed by atoms with E-state index in [2.05, 4.69) is 22.8 Å². The molecule has 0 fully saturated rings. The van der Waals surface area contributed by atoms with E-state index in [1.54, 1.807) is 0 Å². The van der Waals surface area contributed by atoms with Crippen molar-refractivity contribution in [3.8, 4) is 0 Å². The number of hydrogen-bond acceptors (Lipinski definition) is 1. The molecule has 1 unspecified atom stereocenters. The maximum Gasteiger partial charge on any atom is 0.315 e.